The van der Waals surface area contributed by atoms with Gasteiger partial charge in [0.25, 0.3) is 10.0 Å². The van der Waals surface area contributed by atoms with Crippen LogP contribution in [0.5, 0.6) is 11.5 Å². The lowest BCUT2D eigenvalue weighted by atomic mass is 9.94. The summed E-state index contributed by atoms with van der Waals surface area (Å²) >= 11 is 0. The monoisotopic (exact) mass is 464 g/mol. The molecule has 9 heteroatoms. The van der Waals surface area contributed by atoms with Gasteiger partial charge in [-0.15, -0.1) is 0 Å². The zero-order valence-electron chi connectivity index (χ0n) is 18.6. The van der Waals surface area contributed by atoms with Gasteiger partial charge in [0.2, 0.25) is 5.91 Å². The highest BCUT2D eigenvalue weighted by Crippen LogP contribution is 2.33. The summed E-state index contributed by atoms with van der Waals surface area (Å²) in [4.78, 5) is 14.6. The van der Waals surface area contributed by atoms with Crippen molar-refractivity contribution in [1.82, 2.24) is 4.90 Å². The maximum Gasteiger partial charge on any atom is 0.265 e. The van der Waals surface area contributed by atoms with E-state index < -0.39 is 22.4 Å². The molecule has 0 bridgehead atoms. The van der Waals surface area contributed by atoms with Crippen LogP contribution in [0, 0.1) is 5.82 Å². The smallest absolute Gasteiger partial charge is 0.265 e. The summed E-state index contributed by atoms with van der Waals surface area (Å²) < 4.78 is 53.1. The molecule has 1 amide bonds. The van der Waals surface area contributed by atoms with Gasteiger partial charge in [0, 0.05) is 19.2 Å². The molecule has 174 valence electrons. The van der Waals surface area contributed by atoms with Crippen molar-refractivity contribution in [3.05, 3.63) is 48.3 Å². The molecule has 32 heavy (non-hydrogen) atoms. The minimum atomic E-state index is -4.28. The molecule has 0 aromatic heterocycles. The number of likely N-dealkylation sites (N-methyl/N-ethyl adjacent to an activating group) is 1. The number of anilines is 1. The highest BCUT2D eigenvalue weighted by atomic mass is 32.2. The number of halogens is 1. The standard InChI is InChI=1S/C23H29FN2O5S/c1-25(17-9-5-4-6-10-17)23(27)16-26(20-12-8-7-11-19(20)24)32(28,29)18-13-14-21(30-2)22(15-18)31-3/h7-8,11-15,17H,4-6,9-10,16H2,1-3H3. The molecule has 1 fully saturated rings. The van der Waals surface area contributed by atoms with Crippen LogP contribution >= 0.6 is 0 Å². The average molecular weight is 465 g/mol. The molecule has 2 aromatic carbocycles. The van der Waals surface area contributed by atoms with Crippen LogP contribution in [0.1, 0.15) is 32.1 Å². The Hall–Kier alpha value is -2.81. The van der Waals surface area contributed by atoms with E-state index in [1.807, 2.05) is 0 Å². The van der Waals surface area contributed by atoms with Gasteiger partial charge < -0.3 is 14.4 Å². The molecule has 0 heterocycles. The summed E-state index contributed by atoms with van der Waals surface area (Å²) in [7, 11) is 0.234. The topological polar surface area (TPSA) is 76.2 Å². The third kappa shape index (κ3) is 4.98. The van der Waals surface area contributed by atoms with Crippen LogP contribution in [-0.4, -0.2) is 53.1 Å². The molecular weight excluding hydrogens is 435 g/mol. The minimum absolute atomic E-state index is 0.0579. The molecular formula is C23H29FN2O5S. The molecule has 0 aliphatic heterocycles. The quantitative estimate of drug-likeness (QED) is 0.594. The molecule has 1 aliphatic carbocycles. The molecule has 1 saturated carbocycles. The Morgan fingerprint density at radius 1 is 1.03 bits per heavy atom. The second kappa shape index (κ2) is 10.2. The Morgan fingerprint density at radius 3 is 2.31 bits per heavy atom. The number of sulfonamides is 1. The summed E-state index contributed by atoms with van der Waals surface area (Å²) in [6.07, 6.45) is 4.95. The summed E-state index contributed by atoms with van der Waals surface area (Å²) in [5, 5.41) is 0. The van der Waals surface area contributed by atoms with Crippen molar-refractivity contribution in [3.63, 3.8) is 0 Å². The van der Waals surface area contributed by atoms with Gasteiger partial charge in [0.05, 0.1) is 24.8 Å². The van der Waals surface area contributed by atoms with Gasteiger partial charge in [-0.05, 0) is 37.1 Å². The number of amides is 1. The molecule has 0 unspecified atom stereocenters. The Labute approximate surface area is 188 Å². The highest BCUT2D eigenvalue weighted by molar-refractivity contribution is 7.92. The molecule has 0 spiro atoms. The van der Waals surface area contributed by atoms with Crippen LogP contribution in [-0.2, 0) is 14.8 Å². The first-order valence-electron chi connectivity index (χ1n) is 10.5. The van der Waals surface area contributed by atoms with Gasteiger partial charge in [0.1, 0.15) is 12.4 Å². The van der Waals surface area contributed by atoms with Crippen molar-refractivity contribution in [3.8, 4) is 11.5 Å². The lowest BCUT2D eigenvalue weighted by molar-refractivity contribution is -0.130. The molecule has 3 rings (SSSR count). The maximum absolute atomic E-state index is 14.7. The van der Waals surface area contributed by atoms with Crippen molar-refractivity contribution in [2.75, 3.05) is 32.1 Å². The molecule has 0 atom stereocenters. The Morgan fingerprint density at radius 2 is 1.69 bits per heavy atom. The first kappa shape index (κ1) is 23.8. The molecule has 2 aromatic rings. The maximum atomic E-state index is 14.7. The van der Waals surface area contributed by atoms with Crippen LogP contribution < -0.4 is 13.8 Å². The zero-order chi connectivity index (χ0) is 23.3. The predicted molar refractivity (Wildman–Crippen MR) is 120 cm³/mol. The number of para-hydroxylation sites is 1. The van der Waals surface area contributed by atoms with E-state index in [1.165, 1.54) is 56.7 Å². The van der Waals surface area contributed by atoms with Gasteiger partial charge in [-0.25, -0.2) is 12.8 Å². The molecule has 0 saturated heterocycles. The Balaban J connectivity index is 1.99. The fourth-order valence-electron chi connectivity index (χ4n) is 3.96. The first-order valence-corrected chi connectivity index (χ1v) is 12.0. The third-order valence-electron chi connectivity index (χ3n) is 5.86. The summed E-state index contributed by atoms with van der Waals surface area (Å²) in [6, 6.07) is 9.69. The normalized spacial score (nSPS) is 14.6. The van der Waals surface area contributed by atoms with Gasteiger partial charge in [-0.1, -0.05) is 31.4 Å². The number of carbonyl (C=O) groups excluding carboxylic acids is 1. The van der Waals surface area contributed by atoms with Crippen LogP contribution in [0.3, 0.4) is 0 Å². The van der Waals surface area contributed by atoms with E-state index in [4.69, 9.17) is 9.47 Å². The number of hydrogen-bond donors (Lipinski definition) is 0. The largest absolute Gasteiger partial charge is 0.493 e. The number of hydrogen-bond acceptors (Lipinski definition) is 5. The number of carbonyl (C=O) groups is 1. The second-order valence-electron chi connectivity index (χ2n) is 7.78. The molecule has 0 N–H and O–H groups in total. The van der Waals surface area contributed by atoms with Crippen molar-refractivity contribution in [1.29, 1.82) is 0 Å². The SMILES string of the molecule is COc1ccc(S(=O)(=O)N(CC(=O)N(C)C2CCCCC2)c2ccccc2F)cc1OC. The second-order valence-corrected chi connectivity index (χ2v) is 9.64. The van der Waals surface area contributed by atoms with E-state index >= 15 is 0 Å². The zero-order valence-corrected chi connectivity index (χ0v) is 19.4. The van der Waals surface area contributed by atoms with Gasteiger partial charge in [0.15, 0.2) is 11.5 Å². The number of methoxy groups -OCH3 is 2. The lowest BCUT2D eigenvalue weighted by Crippen LogP contribution is -2.46. The van der Waals surface area contributed by atoms with Gasteiger partial charge >= 0.3 is 0 Å². The molecule has 0 radical (unpaired) electrons. The number of nitrogens with zero attached hydrogens (tertiary/aromatic N) is 2. The number of rotatable bonds is 8. The van der Waals surface area contributed by atoms with Crippen LogP contribution in [0.25, 0.3) is 0 Å². The van der Waals surface area contributed by atoms with E-state index in [1.54, 1.807) is 11.9 Å². The lowest BCUT2D eigenvalue weighted by Gasteiger charge is -2.33. The Bertz CT molecular complexity index is 1050. The van der Waals surface area contributed by atoms with Crippen LogP contribution in [0.2, 0.25) is 0 Å². The Kier molecular flexibility index (Phi) is 7.60. The van der Waals surface area contributed by atoms with Crippen LogP contribution in [0.15, 0.2) is 47.4 Å². The first-order chi connectivity index (χ1) is 15.3. The van der Waals surface area contributed by atoms with E-state index in [0.717, 1.165) is 36.4 Å². The van der Waals surface area contributed by atoms with Crippen molar-refractivity contribution in [2.45, 2.75) is 43.0 Å². The van der Waals surface area contributed by atoms with Gasteiger partial charge in [-0.3, -0.25) is 9.10 Å². The summed E-state index contributed by atoms with van der Waals surface area (Å²) in [5.41, 5.74) is -0.187. The van der Waals surface area contributed by atoms with Crippen molar-refractivity contribution >= 4 is 21.6 Å². The number of ether oxygens (including phenoxy) is 2. The third-order valence-corrected chi connectivity index (χ3v) is 7.61. The van der Waals surface area contributed by atoms with E-state index in [9.17, 15) is 17.6 Å². The molecule has 7 nitrogen and oxygen atoms in total. The van der Waals surface area contributed by atoms with Crippen LogP contribution in [0.4, 0.5) is 10.1 Å². The van der Waals surface area contributed by atoms with E-state index in [-0.39, 0.29) is 28.3 Å². The van der Waals surface area contributed by atoms with Crippen molar-refractivity contribution in [2.24, 2.45) is 0 Å². The van der Waals surface area contributed by atoms with Crippen molar-refractivity contribution < 1.29 is 27.1 Å². The van der Waals surface area contributed by atoms with E-state index in [0.29, 0.717) is 5.75 Å². The average Bonchev–Trinajstić information content (AvgIpc) is 2.82. The summed E-state index contributed by atoms with van der Waals surface area (Å²) in [6.45, 7) is -0.509. The fourth-order valence-corrected chi connectivity index (χ4v) is 5.40. The fraction of sp³-hybridized carbons (Fsp3) is 0.435. The van der Waals surface area contributed by atoms with E-state index in [2.05, 4.69) is 0 Å². The number of benzene rings is 2. The predicted octanol–water partition coefficient (Wildman–Crippen LogP) is 3.83. The molecule has 1 aliphatic rings. The summed E-state index contributed by atoms with van der Waals surface area (Å²) in [5.74, 6) is -0.543. The van der Waals surface area contributed by atoms with Gasteiger partial charge in [-0.2, -0.15) is 0 Å². The minimum Gasteiger partial charge on any atom is -0.493 e. The highest BCUT2D eigenvalue weighted by Gasteiger charge is 2.32.